The Balaban J connectivity index is 1.43. The van der Waals surface area contributed by atoms with E-state index in [1.54, 1.807) is 18.5 Å². The smallest absolute Gasteiger partial charge is 0.305 e. The van der Waals surface area contributed by atoms with Gasteiger partial charge in [-0.1, -0.05) is 19.8 Å². The summed E-state index contributed by atoms with van der Waals surface area (Å²) in [7, 11) is 1.39. The number of unbranched alkanes of at least 4 members (excludes halogenated alkanes) is 2. The molecule has 1 aromatic carbocycles. The van der Waals surface area contributed by atoms with Gasteiger partial charge in [0.25, 0.3) is 5.91 Å². The Kier molecular flexibility index (Phi) is 10.7. The Hall–Kier alpha value is -3.73. The summed E-state index contributed by atoms with van der Waals surface area (Å²) in [5.74, 6) is 0.793. The summed E-state index contributed by atoms with van der Waals surface area (Å²) in [6.45, 7) is 5.58. The number of fused-ring (bicyclic) bond motifs is 1. The van der Waals surface area contributed by atoms with E-state index >= 15 is 0 Å². The lowest BCUT2D eigenvalue weighted by Gasteiger charge is -2.24. The molecule has 1 aliphatic rings. The number of aromatic nitrogens is 4. The Morgan fingerprint density at radius 3 is 2.70 bits per heavy atom. The van der Waals surface area contributed by atoms with Crippen LogP contribution in [-0.2, 0) is 14.3 Å². The molecule has 40 heavy (non-hydrogen) atoms. The van der Waals surface area contributed by atoms with Crippen molar-refractivity contribution < 1.29 is 19.1 Å². The monoisotopic (exact) mass is 551 g/mol. The van der Waals surface area contributed by atoms with Crippen LogP contribution in [0.1, 0.15) is 88.2 Å². The van der Waals surface area contributed by atoms with Crippen molar-refractivity contribution >= 4 is 40.5 Å². The van der Waals surface area contributed by atoms with Crippen LogP contribution < -0.4 is 16.0 Å². The molecule has 11 nitrogen and oxygen atoms in total. The lowest BCUT2D eigenvalue weighted by Crippen LogP contribution is -2.24. The minimum Gasteiger partial charge on any atom is -0.469 e. The highest BCUT2D eigenvalue weighted by Crippen LogP contribution is 2.29. The quantitative estimate of drug-likeness (QED) is 0.180. The minimum atomic E-state index is -0.203. The predicted molar refractivity (Wildman–Crippen MR) is 155 cm³/mol. The van der Waals surface area contributed by atoms with E-state index in [-0.39, 0.29) is 24.1 Å². The summed E-state index contributed by atoms with van der Waals surface area (Å²) in [4.78, 5) is 37.9. The van der Waals surface area contributed by atoms with Gasteiger partial charge >= 0.3 is 5.97 Å². The maximum atomic E-state index is 12.5. The van der Waals surface area contributed by atoms with Gasteiger partial charge < -0.3 is 25.4 Å². The molecule has 0 aliphatic carbocycles. The molecule has 1 aliphatic heterocycles. The molecule has 3 heterocycles. The highest BCUT2D eigenvalue weighted by molar-refractivity contribution is 5.94. The number of hydrogen-bond acceptors (Lipinski definition) is 9. The van der Waals surface area contributed by atoms with Gasteiger partial charge in [-0.2, -0.15) is 9.97 Å². The van der Waals surface area contributed by atoms with Crippen molar-refractivity contribution in [2.45, 2.75) is 83.9 Å². The number of imidazole rings is 1. The van der Waals surface area contributed by atoms with Gasteiger partial charge in [0, 0.05) is 36.9 Å². The molecule has 216 valence electrons. The van der Waals surface area contributed by atoms with Gasteiger partial charge in [0.05, 0.1) is 13.4 Å². The normalized spacial score (nSPS) is 15.9. The molecule has 0 bridgehead atoms. The first kappa shape index (κ1) is 29.3. The first-order valence-corrected chi connectivity index (χ1v) is 14.3. The number of esters is 1. The molecule has 0 spiro atoms. The summed E-state index contributed by atoms with van der Waals surface area (Å²) >= 11 is 0. The fraction of sp³-hybridized carbons (Fsp3) is 0.552. The van der Waals surface area contributed by atoms with Gasteiger partial charge in [-0.15, -0.1) is 0 Å². The molecule has 3 N–H and O–H groups in total. The maximum absolute atomic E-state index is 12.5. The van der Waals surface area contributed by atoms with Crippen molar-refractivity contribution in [3.8, 4) is 0 Å². The van der Waals surface area contributed by atoms with E-state index < -0.39 is 0 Å². The number of rotatable bonds is 14. The summed E-state index contributed by atoms with van der Waals surface area (Å²) in [5.41, 5.74) is 2.78. The second kappa shape index (κ2) is 14.6. The summed E-state index contributed by atoms with van der Waals surface area (Å²) in [6, 6.07) is 7.46. The van der Waals surface area contributed by atoms with Crippen LogP contribution in [0.25, 0.3) is 11.2 Å². The number of carbonyl (C=O) groups excluding carboxylic acids is 2. The lowest BCUT2D eigenvalue weighted by atomic mass is 10.1. The molecule has 2 aromatic heterocycles. The van der Waals surface area contributed by atoms with E-state index in [2.05, 4.69) is 39.5 Å². The van der Waals surface area contributed by atoms with E-state index in [4.69, 9.17) is 14.7 Å². The number of hydrogen-bond donors (Lipinski definition) is 3. The zero-order chi connectivity index (χ0) is 28.3. The minimum absolute atomic E-state index is 0.0898. The van der Waals surface area contributed by atoms with Crippen LogP contribution in [0, 0.1) is 0 Å². The van der Waals surface area contributed by atoms with Crippen LogP contribution in [0.3, 0.4) is 0 Å². The zero-order valence-electron chi connectivity index (χ0n) is 23.7. The number of anilines is 3. The molecule has 1 amide bonds. The third kappa shape index (κ3) is 7.91. The Morgan fingerprint density at radius 2 is 1.98 bits per heavy atom. The van der Waals surface area contributed by atoms with E-state index in [0.717, 1.165) is 74.8 Å². The molecule has 2 unspecified atom stereocenters. The number of carbonyl (C=O) groups is 2. The number of benzene rings is 1. The Morgan fingerprint density at radius 1 is 1.15 bits per heavy atom. The van der Waals surface area contributed by atoms with Gasteiger partial charge in [-0.05, 0) is 69.7 Å². The van der Waals surface area contributed by atoms with Crippen LogP contribution in [0.4, 0.5) is 17.5 Å². The SMILES string of the molecule is CCCC(C)Nc1nc(Nc2ccc(C(=O)NCCCCCC(=O)OC)cc2)nc2c1ncn2C1CCCCO1. The highest BCUT2D eigenvalue weighted by atomic mass is 16.5. The van der Waals surface area contributed by atoms with Gasteiger partial charge in [0.15, 0.2) is 17.0 Å². The molecule has 0 radical (unpaired) electrons. The van der Waals surface area contributed by atoms with Crippen LogP contribution in [0.5, 0.6) is 0 Å². The lowest BCUT2D eigenvalue weighted by molar-refractivity contribution is -0.140. The average Bonchev–Trinajstić information content (AvgIpc) is 3.40. The van der Waals surface area contributed by atoms with Crippen LogP contribution in [0.2, 0.25) is 0 Å². The van der Waals surface area contributed by atoms with Crippen LogP contribution in [0.15, 0.2) is 30.6 Å². The van der Waals surface area contributed by atoms with Crippen molar-refractivity contribution in [1.29, 1.82) is 0 Å². The average molecular weight is 552 g/mol. The van der Waals surface area contributed by atoms with Gasteiger partial charge in [0.2, 0.25) is 5.95 Å². The fourth-order valence-electron chi connectivity index (χ4n) is 4.78. The number of ether oxygens (including phenoxy) is 2. The second-order valence-corrected chi connectivity index (χ2v) is 10.2. The molecule has 1 fully saturated rings. The first-order valence-electron chi connectivity index (χ1n) is 14.3. The van der Waals surface area contributed by atoms with Crippen molar-refractivity contribution in [2.75, 3.05) is 30.9 Å². The third-order valence-corrected chi connectivity index (χ3v) is 6.97. The second-order valence-electron chi connectivity index (χ2n) is 10.2. The van der Waals surface area contributed by atoms with Crippen LogP contribution >= 0.6 is 0 Å². The van der Waals surface area contributed by atoms with Gasteiger partial charge in [0.1, 0.15) is 6.23 Å². The molecule has 2 atom stereocenters. The first-order chi connectivity index (χ1) is 19.5. The standard InChI is InChI=1S/C29H41N7O4/c1-4-10-20(2)32-26-25-27(36(19-31-25)23-11-7-9-18-40-23)35-29(34-26)33-22-15-13-21(14-16-22)28(38)30-17-8-5-6-12-24(37)39-3/h13-16,19-20,23H,4-12,17-18H2,1-3H3,(H,30,38)(H2,32,33,34,35). The maximum Gasteiger partial charge on any atom is 0.305 e. The molecule has 4 rings (SSSR count). The van der Waals surface area contributed by atoms with Gasteiger partial charge in [-0.25, -0.2) is 4.98 Å². The Labute approximate surface area is 235 Å². The number of methoxy groups -OCH3 is 1. The molecule has 3 aromatic rings. The van der Waals surface area contributed by atoms with Crippen molar-refractivity contribution in [3.05, 3.63) is 36.2 Å². The summed E-state index contributed by atoms with van der Waals surface area (Å²) in [5, 5.41) is 9.73. The molecular weight excluding hydrogens is 510 g/mol. The topological polar surface area (TPSA) is 132 Å². The molecule has 1 saturated heterocycles. The molecule has 0 saturated carbocycles. The van der Waals surface area contributed by atoms with E-state index in [9.17, 15) is 9.59 Å². The molecule has 11 heteroatoms. The van der Waals surface area contributed by atoms with Crippen molar-refractivity contribution in [1.82, 2.24) is 24.8 Å². The van der Waals surface area contributed by atoms with E-state index in [0.29, 0.717) is 30.3 Å². The number of nitrogens with one attached hydrogen (secondary N) is 3. The van der Waals surface area contributed by atoms with Crippen LogP contribution in [-0.4, -0.2) is 57.7 Å². The number of amides is 1. The largest absolute Gasteiger partial charge is 0.469 e. The van der Waals surface area contributed by atoms with Crippen molar-refractivity contribution in [2.24, 2.45) is 0 Å². The third-order valence-electron chi connectivity index (χ3n) is 6.97. The Bertz CT molecular complexity index is 1260. The van der Waals surface area contributed by atoms with E-state index in [1.807, 2.05) is 16.7 Å². The van der Waals surface area contributed by atoms with E-state index in [1.165, 1.54) is 7.11 Å². The van der Waals surface area contributed by atoms with Gasteiger partial charge in [-0.3, -0.25) is 14.2 Å². The predicted octanol–water partition coefficient (Wildman–Crippen LogP) is 5.33. The zero-order valence-corrected chi connectivity index (χ0v) is 23.7. The summed E-state index contributed by atoms with van der Waals surface area (Å²) < 4.78 is 12.7. The number of nitrogens with zero attached hydrogens (tertiary/aromatic N) is 4. The summed E-state index contributed by atoms with van der Waals surface area (Å²) in [6.07, 6.45) is 9.68. The highest BCUT2D eigenvalue weighted by Gasteiger charge is 2.22. The van der Waals surface area contributed by atoms with Crippen molar-refractivity contribution in [3.63, 3.8) is 0 Å². The fourth-order valence-corrected chi connectivity index (χ4v) is 4.78. The molecular formula is C29H41N7O4.